The maximum Gasteiger partial charge on any atom is 1.00 e. The normalized spacial score (nSPS) is 9.40. The second-order valence-electron chi connectivity index (χ2n) is 2.49. The molecule has 0 saturated heterocycles. The van der Waals surface area contributed by atoms with Crippen LogP contribution in [0.15, 0.2) is 29.2 Å². The number of nitrogens with two attached hydrogens (primary N) is 1. The minimum absolute atomic E-state index is 0. The van der Waals surface area contributed by atoms with E-state index >= 15 is 0 Å². The molecule has 0 spiro atoms. The third kappa shape index (κ3) is 7.14. The summed E-state index contributed by atoms with van der Waals surface area (Å²) in [7, 11) is 3.39. The number of hydrazine groups is 1. The first-order valence-electron chi connectivity index (χ1n) is 4.08. The zero-order valence-corrected chi connectivity index (χ0v) is 13.3. The summed E-state index contributed by atoms with van der Waals surface area (Å²) in [4.78, 5) is 11.4. The third-order valence-electron chi connectivity index (χ3n) is 1.46. The molecule has 15 heavy (non-hydrogen) atoms. The quantitative estimate of drug-likeness (QED) is 0.161. The van der Waals surface area contributed by atoms with Crippen LogP contribution in [0.3, 0.4) is 0 Å². The van der Waals surface area contributed by atoms with Crippen molar-refractivity contribution in [3.05, 3.63) is 29.8 Å². The molecule has 3 N–H and O–H groups in total. The van der Waals surface area contributed by atoms with Gasteiger partial charge in [-0.1, -0.05) is 21.6 Å². The molecule has 0 saturated carbocycles. The monoisotopic (exact) mass is 266 g/mol. The molecule has 0 radical (unpaired) electrons. The minimum Gasteiger partial charge on any atom is -0.376 e. The van der Waals surface area contributed by atoms with E-state index in [1.165, 1.54) is 0 Å². The van der Waals surface area contributed by atoms with Crippen LogP contribution in [0, 0.1) is 0 Å². The van der Waals surface area contributed by atoms with Crippen molar-refractivity contribution < 1.29 is 56.2 Å². The average molecular weight is 266 g/mol. The SMILES string of the molecule is NNCCSSc1ccc([C-]=O)cc1.[K+]. The summed E-state index contributed by atoms with van der Waals surface area (Å²) in [5.41, 5.74) is 3.17. The number of rotatable bonds is 6. The number of benzene rings is 1. The number of nitrogens with one attached hydrogen (secondary N) is 1. The molecule has 0 bridgehead atoms. The van der Waals surface area contributed by atoms with Gasteiger partial charge >= 0.3 is 51.4 Å². The third-order valence-corrected chi connectivity index (χ3v) is 3.84. The largest absolute Gasteiger partial charge is 1.00 e. The molecule has 0 amide bonds. The van der Waals surface area contributed by atoms with Crippen molar-refractivity contribution in [2.45, 2.75) is 4.90 Å². The van der Waals surface area contributed by atoms with Gasteiger partial charge in [-0.15, -0.1) is 12.1 Å². The molecule has 0 aliphatic carbocycles. The van der Waals surface area contributed by atoms with Gasteiger partial charge in [0, 0.05) is 12.3 Å². The molecule has 0 fully saturated rings. The minimum atomic E-state index is 0. The van der Waals surface area contributed by atoms with E-state index in [2.05, 4.69) is 5.43 Å². The van der Waals surface area contributed by atoms with Gasteiger partial charge in [0.1, 0.15) is 0 Å². The Bertz CT molecular complexity index is 282. The van der Waals surface area contributed by atoms with Gasteiger partial charge in [0.25, 0.3) is 0 Å². The fourth-order valence-corrected chi connectivity index (χ4v) is 2.70. The fourth-order valence-electron chi connectivity index (χ4n) is 0.789. The number of hydrogen-bond acceptors (Lipinski definition) is 5. The van der Waals surface area contributed by atoms with E-state index in [9.17, 15) is 4.79 Å². The Labute approximate surface area is 140 Å². The standard InChI is InChI=1S/C9H11N2OS2.K/c10-11-5-6-13-14-9-3-1-8(7-12)2-4-9;/h1-4,11H,5-6,10H2;/q-1;+1. The van der Waals surface area contributed by atoms with Crippen LogP contribution in [0.2, 0.25) is 0 Å². The van der Waals surface area contributed by atoms with Crippen LogP contribution < -0.4 is 62.7 Å². The van der Waals surface area contributed by atoms with Gasteiger partial charge < -0.3 is 4.79 Å². The van der Waals surface area contributed by atoms with Gasteiger partial charge in [-0.05, 0) is 4.90 Å². The summed E-state index contributed by atoms with van der Waals surface area (Å²) in [5.74, 6) is 6.08. The second-order valence-corrected chi connectivity index (χ2v) is 4.98. The van der Waals surface area contributed by atoms with Crippen molar-refractivity contribution in [3.8, 4) is 0 Å². The topological polar surface area (TPSA) is 55.1 Å². The molecular formula is C9H11KN2OS2. The molecule has 3 nitrogen and oxygen atoms in total. The van der Waals surface area contributed by atoms with Crippen molar-refractivity contribution >= 4 is 27.9 Å². The molecule has 1 rings (SSSR count). The van der Waals surface area contributed by atoms with Crippen molar-refractivity contribution in [2.24, 2.45) is 5.84 Å². The van der Waals surface area contributed by atoms with E-state index in [1.807, 2.05) is 18.4 Å². The first-order chi connectivity index (χ1) is 6.86. The van der Waals surface area contributed by atoms with Crippen LogP contribution in [-0.2, 0) is 4.79 Å². The molecule has 1 aromatic carbocycles. The van der Waals surface area contributed by atoms with Crippen molar-refractivity contribution in [2.75, 3.05) is 12.3 Å². The van der Waals surface area contributed by atoms with E-state index in [4.69, 9.17) is 5.84 Å². The zero-order valence-electron chi connectivity index (χ0n) is 8.53. The van der Waals surface area contributed by atoms with Gasteiger partial charge in [-0.3, -0.25) is 11.3 Å². The Kier molecular flexibility index (Phi) is 11.1. The van der Waals surface area contributed by atoms with Crippen LogP contribution in [0.5, 0.6) is 0 Å². The molecular weight excluding hydrogens is 255 g/mol. The summed E-state index contributed by atoms with van der Waals surface area (Å²) in [5, 5.41) is 0. The van der Waals surface area contributed by atoms with Gasteiger partial charge in [-0.2, -0.15) is 17.7 Å². The molecule has 1 aromatic rings. The summed E-state index contributed by atoms with van der Waals surface area (Å²) in [6, 6.07) is 7.34. The van der Waals surface area contributed by atoms with Crippen molar-refractivity contribution in [3.63, 3.8) is 0 Å². The molecule has 0 aliphatic heterocycles. The van der Waals surface area contributed by atoms with E-state index in [0.717, 1.165) is 17.2 Å². The molecule has 76 valence electrons. The first kappa shape index (κ1) is 16.1. The zero-order chi connectivity index (χ0) is 10.2. The maximum atomic E-state index is 10.3. The second kappa shape index (κ2) is 10.3. The molecule has 0 unspecified atom stereocenters. The van der Waals surface area contributed by atoms with E-state index in [1.54, 1.807) is 33.7 Å². The van der Waals surface area contributed by atoms with Gasteiger partial charge in [-0.25, -0.2) is 0 Å². The number of carbonyl (C=O) groups excluding carboxylic acids is 1. The van der Waals surface area contributed by atoms with Gasteiger partial charge in [0.15, 0.2) is 0 Å². The predicted octanol–water partition coefficient (Wildman–Crippen LogP) is -1.65. The summed E-state index contributed by atoms with van der Waals surface area (Å²) in [6.07, 6.45) is 1.84. The Morgan fingerprint density at radius 1 is 1.33 bits per heavy atom. The van der Waals surface area contributed by atoms with Crippen molar-refractivity contribution in [1.29, 1.82) is 0 Å². The van der Waals surface area contributed by atoms with Gasteiger partial charge in [0.05, 0.1) is 6.29 Å². The summed E-state index contributed by atoms with van der Waals surface area (Å²) >= 11 is 0. The average Bonchev–Trinajstić information content (AvgIpc) is 2.25. The number of hydrogen-bond donors (Lipinski definition) is 2. The van der Waals surface area contributed by atoms with E-state index in [0.29, 0.717) is 5.56 Å². The molecule has 6 heteroatoms. The van der Waals surface area contributed by atoms with Crippen LogP contribution in [0.1, 0.15) is 5.56 Å². The molecule has 0 aliphatic rings. The maximum absolute atomic E-state index is 10.3. The Morgan fingerprint density at radius 3 is 2.53 bits per heavy atom. The van der Waals surface area contributed by atoms with Crippen LogP contribution >= 0.6 is 21.6 Å². The van der Waals surface area contributed by atoms with Crippen LogP contribution in [-0.4, -0.2) is 18.6 Å². The molecule has 0 aromatic heterocycles. The fraction of sp³-hybridized carbons (Fsp3) is 0.222. The van der Waals surface area contributed by atoms with E-state index in [-0.39, 0.29) is 51.4 Å². The summed E-state index contributed by atoms with van der Waals surface area (Å²) in [6.45, 7) is 0.790. The molecule has 0 atom stereocenters. The van der Waals surface area contributed by atoms with Gasteiger partial charge in [0.2, 0.25) is 0 Å². The smallest absolute Gasteiger partial charge is 0.376 e. The first-order valence-corrected chi connectivity index (χ1v) is 6.40. The molecule has 0 heterocycles. The Balaban J connectivity index is 0.00000196. The summed E-state index contributed by atoms with van der Waals surface area (Å²) < 4.78 is 0. The van der Waals surface area contributed by atoms with Crippen LogP contribution in [0.4, 0.5) is 0 Å². The Hall–Kier alpha value is 1.15. The van der Waals surface area contributed by atoms with E-state index < -0.39 is 0 Å². The van der Waals surface area contributed by atoms with Crippen molar-refractivity contribution in [1.82, 2.24) is 5.43 Å². The predicted molar refractivity (Wildman–Crippen MR) is 61.7 cm³/mol. The Morgan fingerprint density at radius 2 is 2.00 bits per heavy atom. The van der Waals surface area contributed by atoms with Crippen LogP contribution in [0.25, 0.3) is 0 Å².